The largest absolute Gasteiger partial charge is 0.471 e. The standard InChI is InChI=1S/C24H34F3N5O4/c1-21(2,3)16(30-20(36)24(25,26)27)19(35)32-12-22(4,5)10-15(32)18(34)29-14(11-28)8-13-9-23(6-7-23)31-17(13)33/h13-16H,6-10,12H2,1-5H3,(H,29,34)(H,30,36)(H,31,33)/t13-,14+,15?,16-/m1/s1. The Morgan fingerprint density at radius 1 is 1.17 bits per heavy atom. The van der Waals surface area contributed by atoms with Crippen molar-refractivity contribution in [2.24, 2.45) is 16.7 Å². The van der Waals surface area contributed by atoms with Crippen molar-refractivity contribution in [3.63, 3.8) is 0 Å². The minimum atomic E-state index is -5.17. The topological polar surface area (TPSA) is 131 Å². The first kappa shape index (κ1) is 27.7. The van der Waals surface area contributed by atoms with Crippen LogP contribution >= 0.6 is 0 Å². The van der Waals surface area contributed by atoms with E-state index in [-0.39, 0.29) is 30.8 Å². The van der Waals surface area contributed by atoms with Gasteiger partial charge < -0.3 is 20.9 Å². The van der Waals surface area contributed by atoms with E-state index in [2.05, 4.69) is 10.6 Å². The Kier molecular flexibility index (Phi) is 7.11. The Balaban J connectivity index is 1.75. The summed E-state index contributed by atoms with van der Waals surface area (Å²) in [5.74, 6) is -4.20. The summed E-state index contributed by atoms with van der Waals surface area (Å²) in [7, 11) is 0. The second kappa shape index (κ2) is 9.23. The lowest BCUT2D eigenvalue weighted by Crippen LogP contribution is -2.59. The van der Waals surface area contributed by atoms with E-state index in [0.717, 1.165) is 12.8 Å². The third kappa shape index (κ3) is 6.10. The summed E-state index contributed by atoms with van der Waals surface area (Å²) < 4.78 is 38.8. The second-order valence-corrected chi connectivity index (χ2v) is 12.2. The monoisotopic (exact) mass is 513 g/mol. The van der Waals surface area contributed by atoms with Crippen molar-refractivity contribution in [1.82, 2.24) is 20.9 Å². The SMILES string of the molecule is CC1(C)CC(C(=O)N[C@H](C#N)C[C@@H]2CC3(CC3)NC2=O)N(C(=O)[C@@H](NC(=O)C(F)(F)F)C(C)(C)C)C1. The lowest BCUT2D eigenvalue weighted by molar-refractivity contribution is -0.176. The number of hydrogen-bond donors (Lipinski definition) is 3. The number of nitriles is 1. The van der Waals surface area contributed by atoms with Crippen molar-refractivity contribution in [3.05, 3.63) is 0 Å². The van der Waals surface area contributed by atoms with E-state index < -0.39 is 58.8 Å². The average Bonchev–Trinajstić information content (AvgIpc) is 3.29. The maximum atomic E-state index is 13.5. The number of carbonyl (C=O) groups excluding carboxylic acids is 4. The highest BCUT2D eigenvalue weighted by Gasteiger charge is 2.53. The second-order valence-electron chi connectivity index (χ2n) is 12.2. The summed E-state index contributed by atoms with van der Waals surface area (Å²) in [6.45, 7) is 8.29. The molecule has 1 spiro atoms. The molecule has 1 saturated carbocycles. The third-order valence-corrected chi connectivity index (χ3v) is 7.19. The molecule has 2 heterocycles. The molecule has 36 heavy (non-hydrogen) atoms. The number of halogens is 3. The zero-order valence-corrected chi connectivity index (χ0v) is 21.2. The summed E-state index contributed by atoms with van der Waals surface area (Å²) in [6.07, 6.45) is -2.42. The van der Waals surface area contributed by atoms with E-state index in [1.165, 1.54) is 25.7 Å². The highest BCUT2D eigenvalue weighted by molar-refractivity contribution is 5.94. The average molecular weight is 514 g/mol. The molecule has 200 valence electrons. The Morgan fingerprint density at radius 3 is 2.25 bits per heavy atom. The smallest absolute Gasteiger partial charge is 0.350 e. The molecule has 0 aromatic heterocycles. The summed E-state index contributed by atoms with van der Waals surface area (Å²) in [5, 5.41) is 17.0. The van der Waals surface area contributed by atoms with Gasteiger partial charge in [0.25, 0.3) is 0 Å². The number of nitrogens with zero attached hydrogens (tertiary/aromatic N) is 2. The van der Waals surface area contributed by atoms with Crippen LogP contribution in [-0.4, -0.2) is 64.9 Å². The first-order chi connectivity index (χ1) is 16.4. The lowest BCUT2D eigenvalue weighted by Gasteiger charge is -2.35. The molecule has 9 nitrogen and oxygen atoms in total. The van der Waals surface area contributed by atoms with Crippen LogP contribution in [0.15, 0.2) is 0 Å². The first-order valence-corrected chi connectivity index (χ1v) is 12.1. The van der Waals surface area contributed by atoms with Crippen LogP contribution in [0.3, 0.4) is 0 Å². The quantitative estimate of drug-likeness (QED) is 0.498. The van der Waals surface area contributed by atoms with E-state index in [1.807, 2.05) is 19.9 Å². The van der Waals surface area contributed by atoms with Crippen molar-refractivity contribution < 1.29 is 32.3 Å². The number of hydrogen-bond acceptors (Lipinski definition) is 5. The van der Waals surface area contributed by atoms with Gasteiger partial charge in [-0.15, -0.1) is 0 Å². The maximum absolute atomic E-state index is 13.5. The van der Waals surface area contributed by atoms with Crippen LogP contribution in [0, 0.1) is 28.1 Å². The van der Waals surface area contributed by atoms with Gasteiger partial charge in [-0.1, -0.05) is 34.6 Å². The Hall–Kier alpha value is -2.84. The van der Waals surface area contributed by atoms with Crippen LogP contribution in [0.25, 0.3) is 0 Å². The lowest BCUT2D eigenvalue weighted by atomic mass is 9.85. The van der Waals surface area contributed by atoms with E-state index >= 15 is 0 Å². The number of rotatable bonds is 6. The van der Waals surface area contributed by atoms with Crippen LogP contribution in [0.5, 0.6) is 0 Å². The van der Waals surface area contributed by atoms with Crippen molar-refractivity contribution in [2.75, 3.05) is 6.54 Å². The molecule has 0 aromatic rings. The fourth-order valence-electron chi connectivity index (χ4n) is 5.11. The van der Waals surface area contributed by atoms with Gasteiger partial charge in [0.2, 0.25) is 17.7 Å². The van der Waals surface area contributed by atoms with E-state index in [4.69, 9.17) is 0 Å². The normalized spacial score (nSPS) is 26.1. The van der Waals surface area contributed by atoms with Gasteiger partial charge in [-0.25, -0.2) is 0 Å². The molecule has 2 aliphatic heterocycles. The fourth-order valence-corrected chi connectivity index (χ4v) is 5.11. The molecule has 1 aliphatic carbocycles. The molecule has 4 atom stereocenters. The summed E-state index contributed by atoms with van der Waals surface area (Å²) in [4.78, 5) is 51.8. The third-order valence-electron chi connectivity index (χ3n) is 7.19. The Labute approximate surface area is 208 Å². The number of likely N-dealkylation sites (tertiary alicyclic amines) is 1. The molecule has 12 heteroatoms. The van der Waals surface area contributed by atoms with Gasteiger partial charge >= 0.3 is 12.1 Å². The molecule has 2 saturated heterocycles. The maximum Gasteiger partial charge on any atom is 0.471 e. The first-order valence-electron chi connectivity index (χ1n) is 12.1. The van der Waals surface area contributed by atoms with Crippen molar-refractivity contribution >= 4 is 23.6 Å². The molecular formula is C24H34F3N5O4. The number of alkyl halides is 3. The van der Waals surface area contributed by atoms with Crippen LogP contribution in [-0.2, 0) is 19.2 Å². The van der Waals surface area contributed by atoms with Gasteiger partial charge in [0, 0.05) is 18.0 Å². The zero-order chi connectivity index (χ0) is 27.3. The molecule has 3 N–H and O–H groups in total. The van der Waals surface area contributed by atoms with Crippen molar-refractivity contribution in [1.29, 1.82) is 5.26 Å². The summed E-state index contributed by atoms with van der Waals surface area (Å²) >= 11 is 0. The van der Waals surface area contributed by atoms with Gasteiger partial charge in [-0.3, -0.25) is 19.2 Å². The fraction of sp³-hybridized carbons (Fsp3) is 0.792. The molecule has 3 aliphatic rings. The van der Waals surface area contributed by atoms with E-state index in [0.29, 0.717) is 6.42 Å². The molecule has 0 radical (unpaired) electrons. The van der Waals surface area contributed by atoms with Crippen molar-refractivity contribution in [3.8, 4) is 6.07 Å². The van der Waals surface area contributed by atoms with Gasteiger partial charge in [0.05, 0.1) is 6.07 Å². The Bertz CT molecular complexity index is 978. The van der Waals surface area contributed by atoms with E-state index in [1.54, 1.807) is 5.32 Å². The Morgan fingerprint density at radius 2 is 1.78 bits per heavy atom. The number of amides is 4. The van der Waals surface area contributed by atoms with Crippen LogP contribution in [0.1, 0.15) is 66.7 Å². The zero-order valence-electron chi connectivity index (χ0n) is 21.2. The minimum Gasteiger partial charge on any atom is -0.350 e. The molecule has 3 rings (SSSR count). The highest BCUT2D eigenvalue weighted by Crippen LogP contribution is 2.46. The van der Waals surface area contributed by atoms with Crippen LogP contribution in [0.2, 0.25) is 0 Å². The van der Waals surface area contributed by atoms with Gasteiger partial charge in [0.15, 0.2) is 0 Å². The highest BCUT2D eigenvalue weighted by atomic mass is 19.4. The molecular weight excluding hydrogens is 479 g/mol. The predicted octanol–water partition coefficient (Wildman–Crippen LogP) is 1.77. The van der Waals surface area contributed by atoms with Crippen LogP contribution in [0.4, 0.5) is 13.2 Å². The molecule has 0 bridgehead atoms. The van der Waals surface area contributed by atoms with Crippen molar-refractivity contribution in [2.45, 2.75) is 96.6 Å². The number of carbonyl (C=O) groups is 4. The summed E-state index contributed by atoms with van der Waals surface area (Å²) in [5.41, 5.74) is -1.78. The van der Waals surface area contributed by atoms with Gasteiger partial charge in [-0.2, -0.15) is 18.4 Å². The van der Waals surface area contributed by atoms with Crippen LogP contribution < -0.4 is 16.0 Å². The number of nitrogens with one attached hydrogen (secondary N) is 3. The molecule has 0 aromatic carbocycles. The summed E-state index contributed by atoms with van der Waals surface area (Å²) in [6, 6.07) is -1.52. The molecule has 1 unspecified atom stereocenters. The molecule has 3 fully saturated rings. The van der Waals surface area contributed by atoms with E-state index in [9.17, 15) is 37.6 Å². The predicted molar refractivity (Wildman–Crippen MR) is 122 cm³/mol. The minimum absolute atomic E-state index is 0.0865. The van der Waals surface area contributed by atoms with Gasteiger partial charge in [-0.05, 0) is 42.9 Å². The van der Waals surface area contributed by atoms with Gasteiger partial charge in [0.1, 0.15) is 18.1 Å². The molecule has 4 amide bonds.